The van der Waals surface area contributed by atoms with E-state index in [1.54, 1.807) is 6.07 Å². The predicted octanol–water partition coefficient (Wildman–Crippen LogP) is 0.119. The van der Waals surface area contributed by atoms with Crippen LogP contribution in [0.1, 0.15) is 15.4 Å². The van der Waals surface area contributed by atoms with Crippen molar-refractivity contribution in [3.05, 3.63) is 58.9 Å². The molecule has 0 radical (unpaired) electrons. The first-order chi connectivity index (χ1) is 12.6. The summed E-state index contributed by atoms with van der Waals surface area (Å²) in [5, 5.41) is 8.46. The van der Waals surface area contributed by atoms with Gasteiger partial charge in [0.15, 0.2) is 5.82 Å². The van der Waals surface area contributed by atoms with Crippen molar-refractivity contribution in [2.75, 3.05) is 0 Å². The molecule has 3 N–H and O–H groups in total. The van der Waals surface area contributed by atoms with Crippen LogP contribution in [-0.4, -0.2) is 43.4 Å². The Kier molecular flexibility index (Phi) is 5.13. The number of amides is 2. The number of rotatable bonds is 7. The Morgan fingerprint density at radius 3 is 2.73 bits per heavy atom. The van der Waals surface area contributed by atoms with E-state index in [9.17, 15) is 14.4 Å². The largest absolute Gasteiger partial charge is 0.363 e. The Morgan fingerprint density at radius 1 is 1.23 bits per heavy atom. The monoisotopic (exact) mass is 370 g/mol. The van der Waals surface area contributed by atoms with Gasteiger partial charge in [-0.15, -0.1) is 11.3 Å². The third-order valence-corrected chi connectivity index (χ3v) is 4.41. The third-order valence-electron chi connectivity index (χ3n) is 3.51. The Labute approximate surface area is 151 Å². The molecule has 26 heavy (non-hydrogen) atoms. The molecule has 0 aliphatic rings. The molecule has 0 saturated heterocycles. The van der Waals surface area contributed by atoms with E-state index in [0.29, 0.717) is 5.82 Å². The highest BCUT2D eigenvalue weighted by molar-refractivity contribution is 7.09. The van der Waals surface area contributed by atoms with Crippen molar-refractivity contribution in [2.45, 2.75) is 12.5 Å². The molecule has 3 aromatic rings. The van der Waals surface area contributed by atoms with Gasteiger partial charge >= 0.3 is 0 Å². The van der Waals surface area contributed by atoms with Gasteiger partial charge in [-0.05, 0) is 17.5 Å². The minimum atomic E-state index is -1.10. The number of thiophene rings is 1. The topological polar surface area (TPSA) is 133 Å². The number of Topliss-reactive ketones (excluding diaryl/α,β-unsaturated/α-hetero) is 1. The van der Waals surface area contributed by atoms with Crippen molar-refractivity contribution >= 4 is 28.9 Å². The lowest BCUT2D eigenvalue weighted by atomic mass is 10.1. The van der Waals surface area contributed by atoms with Crippen LogP contribution in [0.25, 0.3) is 5.82 Å². The van der Waals surface area contributed by atoms with E-state index < -0.39 is 23.6 Å². The van der Waals surface area contributed by atoms with Gasteiger partial charge in [0.1, 0.15) is 18.1 Å². The van der Waals surface area contributed by atoms with Crippen LogP contribution in [0.2, 0.25) is 0 Å². The molecule has 3 heterocycles. The molecule has 3 aromatic heterocycles. The molecule has 132 valence electrons. The van der Waals surface area contributed by atoms with E-state index in [-0.39, 0.29) is 12.1 Å². The molecule has 0 bridgehead atoms. The average Bonchev–Trinajstić information content (AvgIpc) is 3.32. The molecule has 0 saturated carbocycles. The Balaban J connectivity index is 1.83. The molecular formula is C16H14N6O3S. The first-order valence-corrected chi connectivity index (χ1v) is 8.41. The second-order valence-electron chi connectivity index (χ2n) is 5.23. The number of aromatic nitrogens is 4. The quantitative estimate of drug-likeness (QED) is 0.568. The van der Waals surface area contributed by atoms with Crippen molar-refractivity contribution in [1.29, 1.82) is 0 Å². The number of nitrogens with two attached hydrogens (primary N) is 1. The molecule has 0 aromatic carbocycles. The summed E-state index contributed by atoms with van der Waals surface area (Å²) >= 11 is 1.41. The van der Waals surface area contributed by atoms with E-state index >= 15 is 0 Å². The van der Waals surface area contributed by atoms with Gasteiger partial charge in [0.2, 0.25) is 5.78 Å². The summed E-state index contributed by atoms with van der Waals surface area (Å²) in [5.41, 5.74) is 5.27. The standard InChI is InChI=1S/C16H14N6O3S/c17-15(24)14(23)11(8-10-2-1-7-26-10)21-16(25)12-3-6-20-22(12)13-4-5-18-9-19-13/h1-7,9,11H,8H2,(H2,17,24)(H,21,25). The summed E-state index contributed by atoms with van der Waals surface area (Å²) in [7, 11) is 0. The normalized spacial score (nSPS) is 11.7. The second-order valence-corrected chi connectivity index (χ2v) is 6.27. The lowest BCUT2D eigenvalue weighted by Crippen LogP contribution is -2.47. The van der Waals surface area contributed by atoms with Crippen LogP contribution in [-0.2, 0) is 16.0 Å². The molecule has 3 rings (SSSR count). The van der Waals surface area contributed by atoms with Gasteiger partial charge < -0.3 is 11.1 Å². The van der Waals surface area contributed by atoms with Gasteiger partial charge in [-0.1, -0.05) is 6.07 Å². The second kappa shape index (κ2) is 7.66. The third kappa shape index (κ3) is 3.81. The molecule has 0 aliphatic carbocycles. The molecule has 2 amide bonds. The van der Waals surface area contributed by atoms with E-state index in [2.05, 4.69) is 20.4 Å². The minimum Gasteiger partial charge on any atom is -0.363 e. The van der Waals surface area contributed by atoms with Gasteiger partial charge in [0.25, 0.3) is 11.8 Å². The highest BCUT2D eigenvalue weighted by atomic mass is 32.1. The maximum absolute atomic E-state index is 12.6. The fraction of sp³-hybridized carbons (Fsp3) is 0.125. The molecule has 0 aliphatic heterocycles. The van der Waals surface area contributed by atoms with Crippen LogP contribution in [0.3, 0.4) is 0 Å². The number of ketones is 1. The van der Waals surface area contributed by atoms with Crippen LogP contribution in [0.4, 0.5) is 0 Å². The lowest BCUT2D eigenvalue weighted by molar-refractivity contribution is -0.137. The van der Waals surface area contributed by atoms with Gasteiger partial charge in [-0.2, -0.15) is 5.10 Å². The van der Waals surface area contributed by atoms with Crippen LogP contribution >= 0.6 is 11.3 Å². The van der Waals surface area contributed by atoms with Crippen LogP contribution < -0.4 is 11.1 Å². The van der Waals surface area contributed by atoms with Crippen molar-refractivity contribution in [3.63, 3.8) is 0 Å². The van der Waals surface area contributed by atoms with Crippen molar-refractivity contribution in [2.24, 2.45) is 5.73 Å². The predicted molar refractivity (Wildman–Crippen MR) is 92.6 cm³/mol. The number of hydrogen-bond acceptors (Lipinski definition) is 7. The fourth-order valence-corrected chi connectivity index (χ4v) is 3.06. The number of carbonyl (C=O) groups is 3. The number of primary amides is 1. The fourth-order valence-electron chi connectivity index (χ4n) is 2.31. The van der Waals surface area contributed by atoms with E-state index in [1.165, 1.54) is 40.8 Å². The van der Waals surface area contributed by atoms with Crippen molar-refractivity contribution in [1.82, 2.24) is 25.1 Å². The summed E-state index contributed by atoms with van der Waals surface area (Å²) in [6, 6.07) is 5.63. The first-order valence-electron chi connectivity index (χ1n) is 7.53. The number of carbonyl (C=O) groups excluding carboxylic acids is 3. The van der Waals surface area contributed by atoms with Gasteiger partial charge in [-0.3, -0.25) is 14.4 Å². The average molecular weight is 370 g/mol. The first kappa shape index (κ1) is 17.4. The van der Waals surface area contributed by atoms with Crippen LogP contribution in [0.15, 0.2) is 48.4 Å². The van der Waals surface area contributed by atoms with Gasteiger partial charge in [0, 0.05) is 23.6 Å². The highest BCUT2D eigenvalue weighted by Gasteiger charge is 2.27. The SMILES string of the molecule is NC(=O)C(=O)C(Cc1cccs1)NC(=O)c1ccnn1-c1ccncn1. The zero-order valence-electron chi connectivity index (χ0n) is 13.4. The highest BCUT2D eigenvalue weighted by Crippen LogP contribution is 2.13. The number of hydrogen-bond donors (Lipinski definition) is 2. The van der Waals surface area contributed by atoms with E-state index in [1.807, 2.05) is 17.5 Å². The maximum atomic E-state index is 12.6. The summed E-state index contributed by atoms with van der Waals surface area (Å²) in [6.07, 6.45) is 4.45. The summed E-state index contributed by atoms with van der Waals surface area (Å²) in [5.74, 6) is -2.14. The van der Waals surface area contributed by atoms with Gasteiger partial charge in [0.05, 0.1) is 6.20 Å². The molecule has 0 fully saturated rings. The van der Waals surface area contributed by atoms with Crippen LogP contribution in [0.5, 0.6) is 0 Å². The lowest BCUT2D eigenvalue weighted by Gasteiger charge is -2.16. The van der Waals surface area contributed by atoms with E-state index in [4.69, 9.17) is 5.73 Å². The number of nitrogens with zero attached hydrogens (tertiary/aromatic N) is 4. The molecule has 9 nitrogen and oxygen atoms in total. The Hall–Kier alpha value is -3.40. The number of nitrogens with one attached hydrogen (secondary N) is 1. The molecule has 0 spiro atoms. The van der Waals surface area contributed by atoms with Crippen molar-refractivity contribution < 1.29 is 14.4 Å². The molecule has 1 atom stereocenters. The van der Waals surface area contributed by atoms with E-state index in [0.717, 1.165) is 4.88 Å². The molecule has 1 unspecified atom stereocenters. The molecule has 10 heteroatoms. The zero-order valence-corrected chi connectivity index (χ0v) is 14.2. The maximum Gasteiger partial charge on any atom is 0.287 e. The minimum absolute atomic E-state index is 0.164. The summed E-state index contributed by atoms with van der Waals surface area (Å²) in [4.78, 5) is 44.8. The van der Waals surface area contributed by atoms with Crippen molar-refractivity contribution in [3.8, 4) is 5.82 Å². The Morgan fingerprint density at radius 2 is 2.08 bits per heavy atom. The molecular weight excluding hydrogens is 356 g/mol. The zero-order chi connectivity index (χ0) is 18.5. The smallest absolute Gasteiger partial charge is 0.287 e. The summed E-state index contributed by atoms with van der Waals surface area (Å²) < 4.78 is 1.31. The van der Waals surface area contributed by atoms with Crippen LogP contribution in [0, 0.1) is 0 Å². The Bertz CT molecular complexity index is 923. The summed E-state index contributed by atoms with van der Waals surface area (Å²) in [6.45, 7) is 0. The van der Waals surface area contributed by atoms with Gasteiger partial charge in [-0.25, -0.2) is 14.6 Å².